The second-order valence-electron chi connectivity index (χ2n) is 3.86. The second kappa shape index (κ2) is 3.37. The summed E-state index contributed by atoms with van der Waals surface area (Å²) in [6.07, 6.45) is 3.26. The molecule has 2 aromatic rings. The molecule has 0 aliphatic rings. The molecule has 1 aromatic carbocycles. The largest absolute Gasteiger partial charge is 0.399 e. The van der Waals surface area contributed by atoms with Crippen LogP contribution in [0.15, 0.2) is 24.4 Å². The van der Waals surface area contributed by atoms with Crippen LogP contribution in [-0.2, 0) is 0 Å². The van der Waals surface area contributed by atoms with Crippen molar-refractivity contribution >= 4 is 16.6 Å². The fourth-order valence-electron chi connectivity index (χ4n) is 1.79. The van der Waals surface area contributed by atoms with E-state index in [1.165, 1.54) is 10.9 Å². The molecule has 2 nitrogen and oxygen atoms in total. The van der Waals surface area contributed by atoms with E-state index in [2.05, 4.69) is 31.1 Å². The summed E-state index contributed by atoms with van der Waals surface area (Å²) in [7, 11) is 0. The molecular formula is C12H16N2. The number of aromatic amines is 1. The molecule has 0 fully saturated rings. The molecule has 2 heteroatoms. The number of nitrogens with two attached hydrogens (primary N) is 1. The van der Waals surface area contributed by atoms with Gasteiger partial charge >= 0.3 is 0 Å². The lowest BCUT2D eigenvalue weighted by Gasteiger charge is -2.06. The van der Waals surface area contributed by atoms with Gasteiger partial charge in [-0.25, -0.2) is 0 Å². The van der Waals surface area contributed by atoms with Crippen LogP contribution >= 0.6 is 0 Å². The SMILES string of the molecule is CCC(C)c1c[nH]c2cc(N)ccc12. The summed E-state index contributed by atoms with van der Waals surface area (Å²) in [6, 6.07) is 6.05. The predicted octanol–water partition coefficient (Wildman–Crippen LogP) is 3.26. The maximum absolute atomic E-state index is 5.72. The summed E-state index contributed by atoms with van der Waals surface area (Å²) >= 11 is 0. The smallest absolute Gasteiger partial charge is 0.0477 e. The van der Waals surface area contributed by atoms with Crippen LogP contribution in [0.25, 0.3) is 10.9 Å². The van der Waals surface area contributed by atoms with Crippen LogP contribution in [0.4, 0.5) is 5.69 Å². The number of rotatable bonds is 2. The van der Waals surface area contributed by atoms with Gasteiger partial charge < -0.3 is 10.7 Å². The zero-order chi connectivity index (χ0) is 10.1. The van der Waals surface area contributed by atoms with Gasteiger partial charge in [0.15, 0.2) is 0 Å². The first-order valence-electron chi connectivity index (χ1n) is 5.09. The first-order valence-corrected chi connectivity index (χ1v) is 5.09. The van der Waals surface area contributed by atoms with E-state index in [-0.39, 0.29) is 0 Å². The van der Waals surface area contributed by atoms with E-state index in [1.54, 1.807) is 0 Å². The Kier molecular flexibility index (Phi) is 2.20. The third kappa shape index (κ3) is 1.37. The van der Waals surface area contributed by atoms with Gasteiger partial charge in [0, 0.05) is 22.8 Å². The minimum atomic E-state index is 0.604. The normalized spacial score (nSPS) is 13.3. The number of fused-ring (bicyclic) bond motifs is 1. The highest BCUT2D eigenvalue weighted by atomic mass is 14.7. The third-order valence-corrected chi connectivity index (χ3v) is 2.88. The van der Waals surface area contributed by atoms with E-state index in [4.69, 9.17) is 5.73 Å². The fraction of sp³-hybridized carbons (Fsp3) is 0.333. The Morgan fingerprint density at radius 1 is 1.43 bits per heavy atom. The van der Waals surface area contributed by atoms with Gasteiger partial charge in [0.25, 0.3) is 0 Å². The number of benzene rings is 1. The molecule has 0 bridgehead atoms. The zero-order valence-electron chi connectivity index (χ0n) is 8.67. The molecule has 3 N–H and O–H groups in total. The van der Waals surface area contributed by atoms with Crippen molar-refractivity contribution in [1.29, 1.82) is 0 Å². The topological polar surface area (TPSA) is 41.8 Å². The lowest BCUT2D eigenvalue weighted by atomic mass is 9.98. The molecule has 0 aliphatic carbocycles. The van der Waals surface area contributed by atoms with Gasteiger partial charge in [-0.1, -0.05) is 19.9 Å². The molecule has 1 heterocycles. The van der Waals surface area contributed by atoms with E-state index in [9.17, 15) is 0 Å². The summed E-state index contributed by atoms with van der Waals surface area (Å²) in [5, 5.41) is 1.30. The van der Waals surface area contributed by atoms with Crippen LogP contribution in [-0.4, -0.2) is 4.98 Å². The monoisotopic (exact) mass is 188 g/mol. The quantitative estimate of drug-likeness (QED) is 0.698. The number of hydrogen-bond donors (Lipinski definition) is 2. The number of nitrogen functional groups attached to an aromatic ring is 1. The molecule has 0 saturated heterocycles. The highest BCUT2D eigenvalue weighted by molar-refractivity contribution is 5.86. The molecule has 0 saturated carbocycles. The Morgan fingerprint density at radius 2 is 2.21 bits per heavy atom. The van der Waals surface area contributed by atoms with Gasteiger partial charge in [-0.3, -0.25) is 0 Å². The zero-order valence-corrected chi connectivity index (χ0v) is 8.67. The maximum atomic E-state index is 5.72. The Labute approximate surface area is 84.1 Å². The van der Waals surface area contributed by atoms with Crippen molar-refractivity contribution in [2.75, 3.05) is 5.73 Å². The maximum Gasteiger partial charge on any atom is 0.0477 e. The Hall–Kier alpha value is -1.44. The van der Waals surface area contributed by atoms with Gasteiger partial charge in [-0.05, 0) is 30.0 Å². The van der Waals surface area contributed by atoms with E-state index < -0.39 is 0 Å². The van der Waals surface area contributed by atoms with Gasteiger partial charge in [0.2, 0.25) is 0 Å². The van der Waals surface area contributed by atoms with Gasteiger partial charge in [-0.15, -0.1) is 0 Å². The fourth-order valence-corrected chi connectivity index (χ4v) is 1.79. The Balaban J connectivity index is 2.58. The Morgan fingerprint density at radius 3 is 2.93 bits per heavy atom. The number of anilines is 1. The van der Waals surface area contributed by atoms with Gasteiger partial charge in [0.05, 0.1) is 0 Å². The van der Waals surface area contributed by atoms with Crippen molar-refractivity contribution in [1.82, 2.24) is 4.98 Å². The summed E-state index contributed by atoms with van der Waals surface area (Å²) in [5.41, 5.74) is 9.07. The minimum absolute atomic E-state index is 0.604. The number of hydrogen-bond acceptors (Lipinski definition) is 1. The van der Waals surface area contributed by atoms with Crippen molar-refractivity contribution in [2.24, 2.45) is 0 Å². The number of aromatic nitrogens is 1. The van der Waals surface area contributed by atoms with E-state index in [0.717, 1.165) is 17.6 Å². The highest BCUT2D eigenvalue weighted by Crippen LogP contribution is 2.28. The standard InChI is InChI=1S/C12H16N2/c1-3-8(2)11-7-14-12-6-9(13)4-5-10(11)12/h4-8,14H,3,13H2,1-2H3. The number of H-pyrrole nitrogens is 1. The summed E-state index contributed by atoms with van der Waals surface area (Å²) in [6.45, 7) is 4.46. The minimum Gasteiger partial charge on any atom is -0.399 e. The van der Waals surface area contributed by atoms with Crippen molar-refractivity contribution in [2.45, 2.75) is 26.2 Å². The van der Waals surface area contributed by atoms with Crippen molar-refractivity contribution in [3.8, 4) is 0 Å². The van der Waals surface area contributed by atoms with Crippen molar-refractivity contribution in [3.05, 3.63) is 30.0 Å². The molecule has 74 valence electrons. The van der Waals surface area contributed by atoms with Crippen molar-refractivity contribution in [3.63, 3.8) is 0 Å². The van der Waals surface area contributed by atoms with Crippen LogP contribution in [0.3, 0.4) is 0 Å². The van der Waals surface area contributed by atoms with Crippen LogP contribution in [0, 0.1) is 0 Å². The van der Waals surface area contributed by atoms with E-state index in [1.807, 2.05) is 12.1 Å². The molecule has 0 aliphatic heterocycles. The molecule has 0 radical (unpaired) electrons. The Bertz CT molecular complexity index is 443. The first kappa shape index (κ1) is 9.13. The lowest BCUT2D eigenvalue weighted by molar-refractivity contribution is 0.739. The van der Waals surface area contributed by atoms with Crippen LogP contribution in [0.5, 0.6) is 0 Å². The molecular weight excluding hydrogens is 172 g/mol. The lowest BCUT2D eigenvalue weighted by Crippen LogP contribution is -1.89. The first-order chi connectivity index (χ1) is 6.72. The van der Waals surface area contributed by atoms with E-state index in [0.29, 0.717) is 5.92 Å². The summed E-state index contributed by atoms with van der Waals surface area (Å²) < 4.78 is 0. The average Bonchev–Trinajstić information content (AvgIpc) is 2.59. The molecule has 0 spiro atoms. The molecule has 1 unspecified atom stereocenters. The van der Waals surface area contributed by atoms with Gasteiger partial charge in [-0.2, -0.15) is 0 Å². The number of nitrogens with one attached hydrogen (secondary N) is 1. The molecule has 1 atom stereocenters. The molecule has 1 aromatic heterocycles. The van der Waals surface area contributed by atoms with Crippen molar-refractivity contribution < 1.29 is 0 Å². The van der Waals surface area contributed by atoms with Gasteiger partial charge in [0.1, 0.15) is 0 Å². The predicted molar refractivity (Wildman–Crippen MR) is 61.4 cm³/mol. The highest BCUT2D eigenvalue weighted by Gasteiger charge is 2.08. The van der Waals surface area contributed by atoms with Crippen LogP contribution < -0.4 is 5.73 Å². The van der Waals surface area contributed by atoms with Crippen LogP contribution in [0.1, 0.15) is 31.7 Å². The summed E-state index contributed by atoms with van der Waals surface area (Å²) in [5.74, 6) is 0.604. The molecule has 0 amide bonds. The molecule has 14 heavy (non-hydrogen) atoms. The average molecular weight is 188 g/mol. The third-order valence-electron chi connectivity index (χ3n) is 2.88. The van der Waals surface area contributed by atoms with E-state index >= 15 is 0 Å². The van der Waals surface area contributed by atoms with Crippen LogP contribution in [0.2, 0.25) is 0 Å². The molecule has 2 rings (SSSR count). The summed E-state index contributed by atoms with van der Waals surface area (Å²) in [4.78, 5) is 3.26. The second-order valence-corrected chi connectivity index (χ2v) is 3.86.